The molecule has 0 saturated heterocycles. The molecule has 0 heterocycles. The maximum atomic E-state index is 12.2. The van der Waals surface area contributed by atoms with Crippen molar-refractivity contribution in [1.82, 2.24) is 0 Å². The van der Waals surface area contributed by atoms with E-state index in [1.807, 2.05) is 0 Å². The lowest BCUT2D eigenvalue weighted by Crippen LogP contribution is -2.15. The molecule has 21 heavy (non-hydrogen) atoms. The highest BCUT2D eigenvalue weighted by Crippen LogP contribution is 2.73. The summed E-state index contributed by atoms with van der Waals surface area (Å²) in [7, 11) is -1.71. The van der Waals surface area contributed by atoms with Crippen LogP contribution in [0.1, 0.15) is 0 Å². The maximum absolute atomic E-state index is 12.2. The van der Waals surface area contributed by atoms with Crippen molar-refractivity contribution in [2.45, 2.75) is 9.79 Å². The van der Waals surface area contributed by atoms with E-state index in [2.05, 4.69) is 0 Å². The topological polar surface area (TPSA) is 68.3 Å². The van der Waals surface area contributed by atoms with Gasteiger partial charge in [0.25, 0.3) is 16.2 Å². The summed E-state index contributed by atoms with van der Waals surface area (Å²) in [6.07, 6.45) is 0. The molecule has 114 valence electrons. The molecule has 4 nitrogen and oxygen atoms in total. The summed E-state index contributed by atoms with van der Waals surface area (Å²) >= 11 is 0. The Morgan fingerprint density at radius 1 is 0.571 bits per heavy atom. The van der Waals surface area contributed by atoms with E-state index in [0.29, 0.717) is 0 Å². The van der Waals surface area contributed by atoms with Crippen molar-refractivity contribution in [2.24, 2.45) is 0 Å². The second-order valence-corrected chi connectivity index (χ2v) is 17.2. The van der Waals surface area contributed by atoms with Gasteiger partial charge in [-0.05, 0) is 24.3 Å². The monoisotopic (exact) mass is 384 g/mol. The predicted molar refractivity (Wildman–Crippen MR) is 86.6 cm³/mol. The van der Waals surface area contributed by atoms with E-state index < -0.39 is 24.3 Å². The van der Waals surface area contributed by atoms with E-state index in [0.717, 1.165) is 0 Å². The minimum atomic E-state index is -4.55. The zero-order chi connectivity index (χ0) is 15.7. The molecule has 0 aromatic heterocycles. The van der Waals surface area contributed by atoms with Crippen LogP contribution in [0, 0.1) is 0 Å². The Balaban J connectivity index is 3.02. The Kier molecular flexibility index (Phi) is 4.60. The summed E-state index contributed by atoms with van der Waals surface area (Å²) in [5, 5.41) is 0. The van der Waals surface area contributed by atoms with Crippen LogP contribution < -0.4 is 0 Å². The first kappa shape index (κ1) is 16.6. The van der Waals surface area contributed by atoms with Crippen LogP contribution in [0.25, 0.3) is 0 Å². The Bertz CT molecular complexity index is 761. The first-order chi connectivity index (χ1) is 9.71. The molecular weight excluding hydrogens is 375 g/mol. The number of hydrogen-bond acceptors (Lipinski definition) is 4. The third-order valence-electron chi connectivity index (χ3n) is 2.67. The van der Waals surface area contributed by atoms with Gasteiger partial charge in [0.2, 0.25) is 0 Å². The van der Waals surface area contributed by atoms with Crippen LogP contribution in [0.2, 0.25) is 0 Å². The highest BCUT2D eigenvalue weighted by atomic mass is 35.8. The lowest BCUT2D eigenvalue weighted by atomic mass is 10.4. The molecule has 0 unspecified atom stereocenters. The van der Waals surface area contributed by atoms with Crippen molar-refractivity contribution in [3.8, 4) is 0 Å². The van der Waals surface area contributed by atoms with Crippen LogP contribution in [0.15, 0.2) is 70.5 Å². The highest BCUT2D eigenvalue weighted by molar-refractivity contribution is 9.26. The lowest BCUT2D eigenvalue weighted by Gasteiger charge is -2.33. The number of halogens is 2. The van der Waals surface area contributed by atoms with Gasteiger partial charge in [0.05, 0.1) is 0 Å². The molecule has 0 spiro atoms. The fourth-order valence-electron chi connectivity index (χ4n) is 1.89. The van der Waals surface area contributed by atoms with Crippen LogP contribution in [0.3, 0.4) is 0 Å². The smallest absolute Gasteiger partial charge is 0.200 e. The standard InChI is InChI=1S/C12H10Cl2O4S3/c13-20(15,16)19(21(14,17)18,11-7-3-1-4-8-11)12-9-5-2-6-10-12/h1-10H. The van der Waals surface area contributed by atoms with Crippen LogP contribution >= 0.6 is 29.5 Å². The van der Waals surface area contributed by atoms with Gasteiger partial charge in [-0.25, -0.2) is 16.8 Å². The molecule has 0 aliphatic carbocycles. The number of rotatable bonds is 4. The Morgan fingerprint density at radius 2 is 0.857 bits per heavy atom. The molecule has 0 amide bonds. The average Bonchev–Trinajstić information content (AvgIpc) is 2.38. The molecule has 9 heteroatoms. The third kappa shape index (κ3) is 2.80. The molecule has 0 atom stereocenters. The molecule has 0 N–H and O–H groups in total. The Labute approximate surface area is 132 Å². The van der Waals surface area contributed by atoms with Crippen LogP contribution in [0.4, 0.5) is 0 Å². The second kappa shape index (κ2) is 5.81. The van der Waals surface area contributed by atoms with Crippen molar-refractivity contribution in [1.29, 1.82) is 0 Å². The molecule has 0 aliphatic heterocycles. The molecule has 0 aliphatic rings. The Morgan fingerprint density at radius 3 is 1.10 bits per heavy atom. The van der Waals surface area contributed by atoms with Crippen molar-refractivity contribution in [3.63, 3.8) is 0 Å². The molecular formula is C12H10Cl2O4S3. The zero-order valence-electron chi connectivity index (χ0n) is 10.4. The summed E-state index contributed by atoms with van der Waals surface area (Å²) in [6.45, 7) is 0. The first-order valence-corrected chi connectivity index (χ1v) is 12.8. The Hall–Kier alpha value is -0.730. The summed E-state index contributed by atoms with van der Waals surface area (Å²) < 4.78 is 49.0. The molecule has 0 bridgehead atoms. The largest absolute Gasteiger partial charge is 0.289 e. The second-order valence-electron chi connectivity index (χ2n) is 3.92. The van der Waals surface area contributed by atoms with Gasteiger partial charge in [0.15, 0.2) is 0 Å². The van der Waals surface area contributed by atoms with Crippen molar-refractivity contribution in [2.75, 3.05) is 0 Å². The molecule has 2 rings (SSSR count). The van der Waals surface area contributed by atoms with Crippen LogP contribution in [-0.4, -0.2) is 16.8 Å². The van der Waals surface area contributed by atoms with Gasteiger partial charge in [-0.15, -0.1) is 0 Å². The average molecular weight is 385 g/mol. The van der Waals surface area contributed by atoms with E-state index in [1.54, 1.807) is 12.1 Å². The fourth-order valence-corrected chi connectivity index (χ4v) is 17.7. The SMILES string of the molecule is O=S(=O)(Cl)S(c1ccccc1)(c1ccccc1)S(=O)(=O)Cl. The maximum Gasteiger partial charge on any atom is 0.289 e. The van der Waals surface area contributed by atoms with Crippen molar-refractivity contribution < 1.29 is 16.8 Å². The van der Waals surface area contributed by atoms with E-state index in [9.17, 15) is 16.8 Å². The van der Waals surface area contributed by atoms with Gasteiger partial charge >= 0.3 is 0 Å². The van der Waals surface area contributed by atoms with Crippen LogP contribution in [0.5, 0.6) is 0 Å². The first-order valence-electron chi connectivity index (χ1n) is 5.54. The quantitative estimate of drug-likeness (QED) is 0.592. The van der Waals surface area contributed by atoms with Gasteiger partial charge in [0.1, 0.15) is 0 Å². The summed E-state index contributed by atoms with van der Waals surface area (Å²) in [5.74, 6) is 0. The van der Waals surface area contributed by atoms with Crippen molar-refractivity contribution in [3.05, 3.63) is 60.7 Å². The minimum Gasteiger partial charge on any atom is -0.200 e. The molecule has 0 radical (unpaired) electrons. The van der Waals surface area contributed by atoms with E-state index >= 15 is 0 Å². The molecule has 0 fully saturated rings. The predicted octanol–water partition coefficient (Wildman–Crippen LogP) is 3.88. The van der Waals surface area contributed by atoms with Crippen molar-refractivity contribution >= 4 is 45.6 Å². The summed E-state index contributed by atoms with van der Waals surface area (Å²) in [6, 6.07) is 15.0. The van der Waals surface area contributed by atoms with Gasteiger partial charge in [-0.2, -0.15) is 0 Å². The zero-order valence-corrected chi connectivity index (χ0v) is 14.3. The number of benzene rings is 2. The summed E-state index contributed by atoms with van der Waals surface area (Å²) in [5.41, 5.74) is 0. The fraction of sp³-hybridized carbons (Fsp3) is 0. The molecule has 2 aromatic rings. The van der Waals surface area contributed by atoms with Gasteiger partial charge in [-0.1, -0.05) is 36.4 Å². The lowest BCUT2D eigenvalue weighted by molar-refractivity contribution is 0.619. The highest BCUT2D eigenvalue weighted by Gasteiger charge is 2.51. The normalized spacial score (nSPS) is 13.8. The summed E-state index contributed by atoms with van der Waals surface area (Å²) in [4.78, 5) is 0.0856. The molecule has 0 saturated carbocycles. The van der Waals surface area contributed by atoms with E-state index in [-0.39, 0.29) is 9.79 Å². The minimum absolute atomic E-state index is 0.0428. The van der Waals surface area contributed by atoms with Crippen LogP contribution in [-0.2, 0) is 16.2 Å². The molecule has 2 aromatic carbocycles. The van der Waals surface area contributed by atoms with Gasteiger partial charge < -0.3 is 0 Å². The van der Waals surface area contributed by atoms with Gasteiger partial charge in [-0.3, -0.25) is 0 Å². The van der Waals surface area contributed by atoms with E-state index in [4.69, 9.17) is 21.4 Å². The third-order valence-corrected chi connectivity index (χ3v) is 19.2. The van der Waals surface area contributed by atoms with Gasteiger partial charge in [0, 0.05) is 39.2 Å². The number of hydrogen-bond donors (Lipinski definition) is 0. The van der Waals surface area contributed by atoms with E-state index in [1.165, 1.54) is 48.5 Å².